The number of nitrogens with one attached hydrogen (secondary N) is 2. The van der Waals surface area contributed by atoms with Crippen molar-refractivity contribution < 1.29 is 13.6 Å². The third-order valence-electron chi connectivity index (χ3n) is 3.55. The zero-order valence-electron chi connectivity index (χ0n) is 13.5. The first-order chi connectivity index (χ1) is 12.5. The maximum Gasteiger partial charge on any atom is 0.320 e. The predicted octanol–water partition coefficient (Wildman–Crippen LogP) is 5.00. The van der Waals surface area contributed by atoms with Crippen LogP contribution in [0.5, 0.6) is 0 Å². The molecule has 1 heterocycles. The van der Waals surface area contributed by atoms with E-state index in [2.05, 4.69) is 15.6 Å². The van der Waals surface area contributed by atoms with E-state index in [4.69, 9.17) is 11.6 Å². The van der Waals surface area contributed by atoms with Crippen molar-refractivity contribution in [3.8, 4) is 11.3 Å². The van der Waals surface area contributed by atoms with Gasteiger partial charge in [0, 0.05) is 23.2 Å². The van der Waals surface area contributed by atoms with Crippen LogP contribution in [0.1, 0.15) is 5.56 Å². The number of benzene rings is 2. The van der Waals surface area contributed by atoms with Crippen molar-refractivity contribution >= 4 is 23.4 Å². The molecule has 0 saturated heterocycles. The lowest BCUT2D eigenvalue weighted by molar-refractivity contribution is 0.251. The molecule has 132 valence electrons. The zero-order chi connectivity index (χ0) is 18.5. The fourth-order valence-electron chi connectivity index (χ4n) is 2.34. The number of hydrogen-bond donors (Lipinski definition) is 2. The molecule has 0 saturated carbocycles. The van der Waals surface area contributed by atoms with Gasteiger partial charge in [0.1, 0.15) is 17.5 Å². The first-order valence-corrected chi connectivity index (χ1v) is 8.11. The van der Waals surface area contributed by atoms with Crippen LogP contribution in [0.25, 0.3) is 11.3 Å². The van der Waals surface area contributed by atoms with E-state index >= 15 is 0 Å². The Morgan fingerprint density at radius 2 is 1.73 bits per heavy atom. The summed E-state index contributed by atoms with van der Waals surface area (Å²) in [5.74, 6) is -1.14. The van der Waals surface area contributed by atoms with Gasteiger partial charge in [-0.3, -0.25) is 5.32 Å². The van der Waals surface area contributed by atoms with Crippen LogP contribution in [0.2, 0.25) is 5.02 Å². The molecule has 2 aromatic carbocycles. The van der Waals surface area contributed by atoms with E-state index in [1.807, 2.05) is 6.07 Å². The van der Waals surface area contributed by atoms with Crippen LogP contribution in [0.15, 0.2) is 60.7 Å². The van der Waals surface area contributed by atoms with Crippen molar-refractivity contribution in [3.63, 3.8) is 0 Å². The van der Waals surface area contributed by atoms with Crippen LogP contribution in [0, 0.1) is 11.6 Å². The van der Waals surface area contributed by atoms with E-state index in [0.717, 1.165) is 11.6 Å². The lowest BCUT2D eigenvalue weighted by Gasteiger charge is -2.09. The lowest BCUT2D eigenvalue weighted by atomic mass is 10.1. The Morgan fingerprint density at radius 1 is 1.00 bits per heavy atom. The second kappa shape index (κ2) is 7.93. The van der Waals surface area contributed by atoms with Crippen molar-refractivity contribution in [1.29, 1.82) is 0 Å². The Kier molecular flexibility index (Phi) is 5.43. The minimum atomic E-state index is -0.697. The number of halogens is 3. The number of carbonyl (C=O) groups is 1. The minimum Gasteiger partial charge on any atom is -0.334 e. The minimum absolute atomic E-state index is 0.250. The first kappa shape index (κ1) is 17.8. The smallest absolute Gasteiger partial charge is 0.320 e. The molecule has 0 aliphatic heterocycles. The van der Waals surface area contributed by atoms with Crippen molar-refractivity contribution in [2.24, 2.45) is 0 Å². The Morgan fingerprint density at radius 3 is 2.46 bits per heavy atom. The maximum atomic E-state index is 13.4. The number of pyridine rings is 1. The molecule has 7 heteroatoms. The Labute approximate surface area is 153 Å². The molecule has 0 spiro atoms. The fraction of sp³-hybridized carbons (Fsp3) is 0.0526. The molecule has 26 heavy (non-hydrogen) atoms. The van der Waals surface area contributed by atoms with Gasteiger partial charge in [-0.2, -0.15) is 0 Å². The van der Waals surface area contributed by atoms with Gasteiger partial charge in [0.05, 0.1) is 5.69 Å². The second-order valence-electron chi connectivity index (χ2n) is 5.47. The van der Waals surface area contributed by atoms with Crippen molar-refractivity contribution in [2.75, 3.05) is 5.32 Å². The molecule has 0 aliphatic rings. The van der Waals surface area contributed by atoms with Gasteiger partial charge in [0.2, 0.25) is 0 Å². The SMILES string of the molecule is O=C(NCc1ccccc1Cl)Nc1cccc(-c2cc(F)cc(F)c2)n1. The molecule has 0 atom stereocenters. The van der Waals surface area contributed by atoms with Crippen LogP contribution in [0.4, 0.5) is 19.4 Å². The highest BCUT2D eigenvalue weighted by Crippen LogP contribution is 2.21. The van der Waals surface area contributed by atoms with Crippen LogP contribution in [-0.2, 0) is 6.54 Å². The highest BCUT2D eigenvalue weighted by Gasteiger charge is 2.08. The Balaban J connectivity index is 1.68. The van der Waals surface area contributed by atoms with Gasteiger partial charge in [-0.15, -0.1) is 0 Å². The van der Waals surface area contributed by atoms with Crippen LogP contribution in [0.3, 0.4) is 0 Å². The molecule has 0 bridgehead atoms. The largest absolute Gasteiger partial charge is 0.334 e. The van der Waals surface area contributed by atoms with Crippen molar-refractivity contribution in [1.82, 2.24) is 10.3 Å². The molecule has 1 aromatic heterocycles. The topological polar surface area (TPSA) is 54.0 Å². The molecular weight excluding hydrogens is 360 g/mol. The summed E-state index contributed by atoms with van der Waals surface area (Å²) in [5, 5.41) is 5.81. The van der Waals surface area contributed by atoms with E-state index in [0.29, 0.717) is 10.7 Å². The standard InChI is InChI=1S/C19H14ClF2N3O/c20-16-5-2-1-4-12(16)11-23-19(26)25-18-7-3-6-17(24-18)13-8-14(21)10-15(22)9-13/h1-10H,11H2,(H2,23,24,25,26). The second-order valence-corrected chi connectivity index (χ2v) is 5.87. The van der Waals surface area contributed by atoms with Crippen LogP contribution < -0.4 is 10.6 Å². The van der Waals surface area contributed by atoms with Crippen molar-refractivity contribution in [2.45, 2.75) is 6.54 Å². The molecule has 2 amide bonds. The zero-order valence-corrected chi connectivity index (χ0v) is 14.2. The number of nitrogens with zero attached hydrogens (tertiary/aromatic N) is 1. The summed E-state index contributed by atoms with van der Waals surface area (Å²) >= 11 is 6.04. The van der Waals surface area contributed by atoms with E-state index in [1.165, 1.54) is 12.1 Å². The monoisotopic (exact) mass is 373 g/mol. The van der Waals surface area contributed by atoms with Gasteiger partial charge >= 0.3 is 6.03 Å². The van der Waals surface area contributed by atoms with Gasteiger partial charge < -0.3 is 5.32 Å². The van der Waals surface area contributed by atoms with Crippen LogP contribution >= 0.6 is 11.6 Å². The van der Waals surface area contributed by atoms with Crippen LogP contribution in [-0.4, -0.2) is 11.0 Å². The maximum absolute atomic E-state index is 13.4. The molecule has 0 radical (unpaired) electrons. The Bertz CT molecular complexity index is 929. The van der Waals surface area contributed by atoms with Gasteiger partial charge in [0.15, 0.2) is 0 Å². The summed E-state index contributed by atoms with van der Waals surface area (Å²) in [5.41, 5.74) is 1.40. The number of aromatic nitrogens is 1. The molecular formula is C19H14ClF2N3O. The first-order valence-electron chi connectivity index (χ1n) is 7.73. The van der Waals surface area contributed by atoms with Crippen molar-refractivity contribution in [3.05, 3.63) is 82.9 Å². The summed E-state index contributed by atoms with van der Waals surface area (Å²) in [6.45, 7) is 0.250. The molecule has 0 aliphatic carbocycles. The van der Waals surface area contributed by atoms with E-state index in [9.17, 15) is 13.6 Å². The third-order valence-corrected chi connectivity index (χ3v) is 3.91. The number of amides is 2. The number of hydrogen-bond acceptors (Lipinski definition) is 2. The quantitative estimate of drug-likeness (QED) is 0.676. The van der Waals surface area contributed by atoms with Gasteiger partial charge in [0.25, 0.3) is 0 Å². The van der Waals surface area contributed by atoms with Gasteiger partial charge in [-0.25, -0.2) is 18.6 Å². The lowest BCUT2D eigenvalue weighted by Crippen LogP contribution is -2.28. The average molecular weight is 374 g/mol. The molecule has 0 unspecified atom stereocenters. The summed E-state index contributed by atoms with van der Waals surface area (Å²) in [6.07, 6.45) is 0. The third kappa shape index (κ3) is 4.55. The summed E-state index contributed by atoms with van der Waals surface area (Å²) in [7, 11) is 0. The summed E-state index contributed by atoms with van der Waals surface area (Å²) in [6, 6.07) is 14.6. The number of urea groups is 1. The summed E-state index contributed by atoms with van der Waals surface area (Å²) < 4.78 is 26.7. The van der Waals surface area contributed by atoms with Gasteiger partial charge in [-0.1, -0.05) is 35.9 Å². The number of carbonyl (C=O) groups excluding carboxylic acids is 1. The van der Waals surface area contributed by atoms with Gasteiger partial charge in [-0.05, 0) is 35.9 Å². The average Bonchev–Trinajstić information content (AvgIpc) is 2.60. The summed E-state index contributed by atoms with van der Waals surface area (Å²) in [4.78, 5) is 16.2. The molecule has 3 aromatic rings. The normalized spacial score (nSPS) is 10.4. The van der Waals surface area contributed by atoms with E-state index < -0.39 is 17.7 Å². The number of anilines is 1. The molecule has 3 rings (SSSR count). The molecule has 2 N–H and O–H groups in total. The predicted molar refractivity (Wildman–Crippen MR) is 96.9 cm³/mol. The highest BCUT2D eigenvalue weighted by molar-refractivity contribution is 6.31. The van der Waals surface area contributed by atoms with E-state index in [-0.39, 0.29) is 17.9 Å². The molecule has 4 nitrogen and oxygen atoms in total. The Hall–Kier alpha value is -2.99. The molecule has 0 fully saturated rings. The van der Waals surface area contributed by atoms with E-state index in [1.54, 1.807) is 36.4 Å². The fourth-order valence-corrected chi connectivity index (χ4v) is 2.55. The highest BCUT2D eigenvalue weighted by atomic mass is 35.5. The number of rotatable bonds is 4.